The van der Waals surface area contributed by atoms with Crippen LogP contribution < -0.4 is 0 Å². The van der Waals surface area contributed by atoms with E-state index in [0.717, 1.165) is 26.5 Å². The fourth-order valence-corrected chi connectivity index (χ4v) is 4.79. The van der Waals surface area contributed by atoms with E-state index in [1.165, 1.54) is 38.2 Å². The number of fused-ring (bicyclic) bond motifs is 2. The molecule has 2 heteroatoms. The smallest absolute Gasteiger partial charge is 0.0125 e. The molecule has 0 bridgehead atoms. The molecule has 0 aliphatic carbocycles. The van der Waals surface area contributed by atoms with Crippen LogP contribution in [0.15, 0.2) is 94.7 Å². The molecular formula is C28H22S2. The first kappa shape index (κ1) is 19.3. The lowest BCUT2D eigenvalue weighted by atomic mass is 9.96. The maximum Gasteiger partial charge on any atom is 0.0125 e. The molecule has 0 atom stereocenters. The molecule has 0 amide bonds. The third-order valence-electron chi connectivity index (χ3n) is 5.73. The first-order chi connectivity index (χ1) is 14.5. The van der Waals surface area contributed by atoms with Crippen molar-refractivity contribution in [2.45, 2.75) is 23.6 Å². The van der Waals surface area contributed by atoms with E-state index in [2.05, 4.69) is 98.8 Å². The van der Waals surface area contributed by atoms with Crippen LogP contribution in [0.1, 0.15) is 11.1 Å². The Kier molecular flexibility index (Phi) is 4.85. The summed E-state index contributed by atoms with van der Waals surface area (Å²) in [5, 5.41) is 4.96. The van der Waals surface area contributed by atoms with Gasteiger partial charge in [0.25, 0.3) is 0 Å². The molecule has 30 heavy (non-hydrogen) atoms. The average molecular weight is 423 g/mol. The number of rotatable bonds is 2. The van der Waals surface area contributed by atoms with Crippen LogP contribution in [0.3, 0.4) is 0 Å². The highest BCUT2D eigenvalue weighted by Crippen LogP contribution is 2.36. The topological polar surface area (TPSA) is 0 Å². The first-order valence-corrected chi connectivity index (χ1v) is 10.9. The Morgan fingerprint density at radius 1 is 0.433 bits per heavy atom. The second-order valence-corrected chi connectivity index (χ2v) is 8.98. The van der Waals surface area contributed by atoms with Gasteiger partial charge < -0.3 is 0 Å². The van der Waals surface area contributed by atoms with E-state index in [4.69, 9.17) is 25.3 Å². The van der Waals surface area contributed by atoms with Gasteiger partial charge in [-0.25, -0.2) is 0 Å². The molecule has 0 radical (unpaired) electrons. The summed E-state index contributed by atoms with van der Waals surface area (Å²) >= 11 is 9.61. The molecule has 0 aliphatic heterocycles. The molecule has 5 aromatic rings. The van der Waals surface area contributed by atoms with Crippen molar-refractivity contribution in [3.63, 3.8) is 0 Å². The average Bonchev–Trinajstić information content (AvgIpc) is 2.73. The van der Waals surface area contributed by atoms with Gasteiger partial charge in [0.05, 0.1) is 0 Å². The minimum atomic E-state index is 0.968. The third kappa shape index (κ3) is 3.51. The van der Waals surface area contributed by atoms with E-state index in [9.17, 15) is 0 Å². The van der Waals surface area contributed by atoms with Crippen molar-refractivity contribution < 1.29 is 0 Å². The number of benzene rings is 5. The lowest BCUT2D eigenvalue weighted by Crippen LogP contribution is -1.87. The fourth-order valence-electron chi connectivity index (χ4n) is 4.11. The van der Waals surface area contributed by atoms with Crippen LogP contribution >= 0.6 is 25.3 Å². The van der Waals surface area contributed by atoms with Gasteiger partial charge in [-0.2, -0.15) is 0 Å². The highest BCUT2D eigenvalue weighted by Gasteiger charge is 2.10. The summed E-state index contributed by atoms with van der Waals surface area (Å²) in [6.07, 6.45) is 0. The molecule has 0 aliphatic rings. The predicted octanol–water partition coefficient (Wildman–Crippen LogP) is 8.52. The maximum atomic E-state index is 4.84. The van der Waals surface area contributed by atoms with Crippen LogP contribution in [0, 0.1) is 13.8 Å². The molecule has 0 saturated heterocycles. The molecule has 146 valence electrons. The Morgan fingerprint density at radius 3 is 1.70 bits per heavy atom. The van der Waals surface area contributed by atoms with Gasteiger partial charge >= 0.3 is 0 Å². The molecule has 0 fully saturated rings. The molecule has 0 nitrogen and oxygen atoms in total. The Bertz CT molecular complexity index is 1430. The summed E-state index contributed by atoms with van der Waals surface area (Å²) in [6.45, 7) is 4.24. The number of thiol groups is 2. The molecule has 0 heterocycles. The van der Waals surface area contributed by atoms with Crippen LogP contribution in [0.2, 0.25) is 0 Å². The summed E-state index contributed by atoms with van der Waals surface area (Å²) in [4.78, 5) is 1.95. The van der Waals surface area contributed by atoms with Gasteiger partial charge in [-0.1, -0.05) is 71.8 Å². The zero-order valence-electron chi connectivity index (χ0n) is 17.0. The highest BCUT2D eigenvalue weighted by atomic mass is 32.1. The molecule has 0 saturated carbocycles. The van der Waals surface area contributed by atoms with Gasteiger partial charge in [0.15, 0.2) is 0 Å². The van der Waals surface area contributed by atoms with Gasteiger partial charge in [-0.15, -0.1) is 25.3 Å². The Morgan fingerprint density at radius 2 is 0.967 bits per heavy atom. The molecule has 0 N–H and O–H groups in total. The van der Waals surface area contributed by atoms with Crippen molar-refractivity contribution in [2.75, 3.05) is 0 Å². The Balaban J connectivity index is 1.58. The summed E-state index contributed by atoms with van der Waals surface area (Å²) in [6, 6.07) is 30.6. The first-order valence-electron chi connectivity index (χ1n) is 10.1. The van der Waals surface area contributed by atoms with Gasteiger partial charge in [-0.3, -0.25) is 0 Å². The predicted molar refractivity (Wildman–Crippen MR) is 136 cm³/mol. The molecule has 5 rings (SSSR count). The highest BCUT2D eigenvalue weighted by molar-refractivity contribution is 7.80. The van der Waals surface area contributed by atoms with E-state index < -0.39 is 0 Å². The minimum absolute atomic E-state index is 0.968. The van der Waals surface area contributed by atoms with E-state index >= 15 is 0 Å². The molecular weight excluding hydrogens is 400 g/mol. The van der Waals surface area contributed by atoms with E-state index in [1.807, 2.05) is 0 Å². The summed E-state index contributed by atoms with van der Waals surface area (Å²) in [7, 11) is 0. The van der Waals surface area contributed by atoms with E-state index in [0.29, 0.717) is 0 Å². The molecule has 0 spiro atoms. The van der Waals surface area contributed by atoms with Crippen molar-refractivity contribution in [3.05, 3.63) is 96.1 Å². The zero-order valence-corrected chi connectivity index (χ0v) is 18.8. The van der Waals surface area contributed by atoms with Crippen molar-refractivity contribution in [3.8, 4) is 22.3 Å². The maximum absolute atomic E-state index is 4.84. The number of aryl methyl sites for hydroxylation is 2. The third-order valence-corrected chi connectivity index (χ3v) is 6.47. The summed E-state index contributed by atoms with van der Waals surface area (Å²) < 4.78 is 0. The number of hydrogen-bond donors (Lipinski definition) is 2. The van der Waals surface area contributed by atoms with Crippen molar-refractivity contribution in [1.82, 2.24) is 0 Å². The second-order valence-electron chi connectivity index (χ2n) is 8.02. The van der Waals surface area contributed by atoms with Crippen molar-refractivity contribution in [1.29, 1.82) is 0 Å². The number of hydrogen-bond acceptors (Lipinski definition) is 2. The summed E-state index contributed by atoms with van der Waals surface area (Å²) in [5.41, 5.74) is 7.13. The van der Waals surface area contributed by atoms with Crippen LogP contribution in [0.25, 0.3) is 43.8 Å². The molecule has 0 unspecified atom stereocenters. The zero-order chi connectivity index (χ0) is 20.8. The normalized spacial score (nSPS) is 11.3. The largest absolute Gasteiger partial charge is 0.143 e. The minimum Gasteiger partial charge on any atom is -0.143 e. The molecule has 0 aromatic heterocycles. The fraction of sp³-hybridized carbons (Fsp3) is 0.0714. The lowest BCUT2D eigenvalue weighted by Gasteiger charge is -2.12. The van der Waals surface area contributed by atoms with Crippen LogP contribution in [0.5, 0.6) is 0 Å². The second kappa shape index (κ2) is 7.54. The lowest BCUT2D eigenvalue weighted by molar-refractivity contribution is 1.42. The van der Waals surface area contributed by atoms with E-state index in [1.54, 1.807) is 0 Å². The van der Waals surface area contributed by atoms with Gasteiger partial charge in [-0.05, 0) is 81.9 Å². The van der Waals surface area contributed by atoms with Crippen LogP contribution in [-0.2, 0) is 0 Å². The Labute approximate surface area is 188 Å². The SMILES string of the molecule is Cc1ccc2cc(-c3ccc(-c4cc5ccc(C)cc5cc4S)cc3S)ccc2c1. The van der Waals surface area contributed by atoms with Crippen molar-refractivity contribution >= 4 is 46.8 Å². The van der Waals surface area contributed by atoms with E-state index in [-0.39, 0.29) is 0 Å². The molecule has 5 aromatic carbocycles. The summed E-state index contributed by atoms with van der Waals surface area (Å²) in [5.74, 6) is 0. The van der Waals surface area contributed by atoms with Crippen LogP contribution in [0.4, 0.5) is 0 Å². The van der Waals surface area contributed by atoms with Crippen LogP contribution in [-0.4, -0.2) is 0 Å². The van der Waals surface area contributed by atoms with Crippen molar-refractivity contribution in [2.24, 2.45) is 0 Å². The quantitative estimate of drug-likeness (QED) is 0.262. The monoisotopic (exact) mass is 422 g/mol. The van der Waals surface area contributed by atoms with Gasteiger partial charge in [0.1, 0.15) is 0 Å². The Hall–Kier alpha value is -2.68. The van der Waals surface area contributed by atoms with Gasteiger partial charge in [0.2, 0.25) is 0 Å². The van der Waals surface area contributed by atoms with Gasteiger partial charge in [0, 0.05) is 9.79 Å². The standard InChI is InChI=1S/C28H22S2/c1-17-3-5-20-13-22(8-7-19(20)11-17)25-10-9-23(15-27(25)29)26-14-21-6-4-18(2)12-24(21)16-28(26)30/h3-16,29-30H,1-2H3.